The molecule has 0 unspecified atom stereocenters. The Kier molecular flexibility index (Phi) is 3.08. The van der Waals surface area contributed by atoms with Crippen LogP contribution in [0.4, 0.5) is 0 Å². The van der Waals surface area contributed by atoms with Crippen molar-refractivity contribution in [3.63, 3.8) is 0 Å². The molecule has 0 nitrogen and oxygen atoms in total. The van der Waals surface area contributed by atoms with Gasteiger partial charge in [0.25, 0.3) is 0 Å². The van der Waals surface area contributed by atoms with Gasteiger partial charge in [-0.25, -0.2) is 0 Å². The fourth-order valence-electron chi connectivity index (χ4n) is 0.681. The van der Waals surface area contributed by atoms with E-state index in [1.54, 1.807) is 18.2 Å². The minimum absolute atomic E-state index is 0.562. The Morgan fingerprint density at radius 1 is 1.00 bits per heavy atom. The minimum atomic E-state index is 0.562. The molecule has 0 saturated carbocycles. The van der Waals surface area contributed by atoms with Crippen molar-refractivity contribution in [1.82, 2.24) is 0 Å². The molecule has 0 aliphatic rings. The molecule has 3 heteroatoms. The first kappa shape index (κ1) is 8.74. The molecule has 0 N–H and O–H groups in total. The molecule has 0 aliphatic heterocycles. The number of rotatable bonds is 0. The predicted molar refractivity (Wildman–Crippen MR) is 49.2 cm³/mol. The third-order valence-corrected chi connectivity index (χ3v) is 1.59. The average molecular weight is 205 g/mol. The van der Waals surface area contributed by atoms with Gasteiger partial charge in [-0.05, 0) is 35.7 Å². The molecule has 0 radical (unpaired) electrons. The van der Waals surface area contributed by atoms with Gasteiger partial charge in [-0.3, -0.25) is 0 Å². The topological polar surface area (TPSA) is 0 Å². The summed E-state index contributed by atoms with van der Waals surface area (Å²) in [7, 11) is 0. The van der Waals surface area contributed by atoms with Crippen LogP contribution in [-0.4, -0.2) is 0 Å². The molecule has 56 valence electrons. The molecule has 1 aromatic rings. The Morgan fingerprint density at radius 3 is 2.00 bits per heavy atom. The van der Waals surface area contributed by atoms with E-state index in [1.165, 1.54) is 0 Å². The lowest BCUT2D eigenvalue weighted by Gasteiger charge is -1.93. The highest BCUT2D eigenvalue weighted by Gasteiger charge is 1.93. The van der Waals surface area contributed by atoms with Gasteiger partial charge >= 0.3 is 0 Å². The molecule has 0 heterocycles. The third kappa shape index (κ3) is 2.63. The third-order valence-electron chi connectivity index (χ3n) is 1.05. The maximum atomic E-state index is 5.69. The summed E-state index contributed by atoms with van der Waals surface area (Å²) in [6.45, 7) is 0. The van der Waals surface area contributed by atoms with Gasteiger partial charge in [0.15, 0.2) is 0 Å². The van der Waals surface area contributed by atoms with E-state index < -0.39 is 0 Å². The predicted octanol–water partition coefficient (Wildman–Crippen LogP) is 3.54. The van der Waals surface area contributed by atoms with Crippen LogP contribution in [0.2, 0.25) is 10.0 Å². The van der Waals surface area contributed by atoms with Gasteiger partial charge in [-0.2, -0.15) is 0 Å². The van der Waals surface area contributed by atoms with Gasteiger partial charge < -0.3 is 0 Å². The first-order valence-electron chi connectivity index (χ1n) is 2.80. The monoisotopic (exact) mass is 204 g/mol. The van der Waals surface area contributed by atoms with Crippen molar-refractivity contribution in [3.8, 4) is 11.3 Å². The summed E-state index contributed by atoms with van der Waals surface area (Å²) in [5.74, 6) is 2.64. The number of benzene rings is 1. The van der Waals surface area contributed by atoms with Crippen molar-refractivity contribution in [1.29, 1.82) is 0 Å². The highest BCUT2D eigenvalue weighted by atomic mass is 35.5. The molecule has 0 aromatic heterocycles. The Morgan fingerprint density at radius 2 is 1.55 bits per heavy atom. The van der Waals surface area contributed by atoms with E-state index in [2.05, 4.69) is 11.3 Å². The second-order valence-electron chi connectivity index (χ2n) is 1.88. The van der Waals surface area contributed by atoms with Gasteiger partial charge in [0.2, 0.25) is 0 Å². The first-order chi connectivity index (χ1) is 5.22. The number of hydrogen-bond acceptors (Lipinski definition) is 0. The van der Waals surface area contributed by atoms with E-state index in [-0.39, 0.29) is 0 Å². The molecule has 1 aromatic carbocycles. The van der Waals surface area contributed by atoms with Gasteiger partial charge in [0.1, 0.15) is 0 Å². The SMILES string of the molecule is ClC#Cc1cc(Cl)cc(Cl)c1. The maximum Gasteiger partial charge on any atom is 0.0433 e. The lowest BCUT2D eigenvalue weighted by Crippen LogP contribution is -1.73. The van der Waals surface area contributed by atoms with Gasteiger partial charge in [0.05, 0.1) is 0 Å². The molecule has 0 saturated heterocycles. The van der Waals surface area contributed by atoms with Crippen LogP contribution in [0.15, 0.2) is 18.2 Å². The van der Waals surface area contributed by atoms with Crippen LogP contribution in [0, 0.1) is 11.3 Å². The van der Waals surface area contributed by atoms with Crippen LogP contribution in [0.25, 0.3) is 0 Å². The zero-order valence-corrected chi connectivity index (χ0v) is 7.63. The smallest absolute Gasteiger partial charge is 0.0433 e. The molecule has 0 bridgehead atoms. The van der Waals surface area contributed by atoms with Crippen LogP contribution < -0.4 is 0 Å². The van der Waals surface area contributed by atoms with Crippen LogP contribution in [0.5, 0.6) is 0 Å². The largest absolute Gasteiger partial charge is 0.0842 e. The molecule has 1 rings (SSSR count). The van der Waals surface area contributed by atoms with Crippen LogP contribution in [-0.2, 0) is 0 Å². The van der Waals surface area contributed by atoms with Crippen molar-refractivity contribution in [3.05, 3.63) is 33.8 Å². The lowest BCUT2D eigenvalue weighted by atomic mass is 10.2. The number of halogens is 3. The van der Waals surface area contributed by atoms with Crippen molar-refractivity contribution >= 4 is 34.8 Å². The van der Waals surface area contributed by atoms with E-state index in [4.69, 9.17) is 34.8 Å². The zero-order valence-electron chi connectivity index (χ0n) is 5.37. The summed E-state index contributed by atoms with van der Waals surface area (Å²) >= 11 is 16.6. The molecule has 0 fully saturated rings. The summed E-state index contributed by atoms with van der Waals surface area (Å²) in [4.78, 5) is 0. The quantitative estimate of drug-likeness (QED) is 0.568. The second-order valence-corrected chi connectivity index (χ2v) is 2.94. The Hall–Kier alpha value is -0.350. The van der Waals surface area contributed by atoms with Crippen molar-refractivity contribution < 1.29 is 0 Å². The van der Waals surface area contributed by atoms with Crippen LogP contribution >= 0.6 is 34.8 Å². The van der Waals surface area contributed by atoms with Gasteiger partial charge in [0, 0.05) is 21.0 Å². The molecule has 11 heavy (non-hydrogen) atoms. The van der Waals surface area contributed by atoms with E-state index >= 15 is 0 Å². The van der Waals surface area contributed by atoms with Crippen LogP contribution in [0.3, 0.4) is 0 Å². The highest BCUT2D eigenvalue weighted by molar-refractivity contribution is 6.34. The first-order valence-corrected chi connectivity index (χ1v) is 3.93. The molecular formula is C8H3Cl3. The maximum absolute atomic E-state index is 5.69. The zero-order chi connectivity index (χ0) is 8.27. The molecule has 0 aliphatic carbocycles. The van der Waals surface area contributed by atoms with E-state index in [9.17, 15) is 0 Å². The average Bonchev–Trinajstić information content (AvgIpc) is 1.85. The number of hydrogen-bond donors (Lipinski definition) is 0. The highest BCUT2D eigenvalue weighted by Crippen LogP contribution is 2.18. The van der Waals surface area contributed by atoms with Crippen molar-refractivity contribution in [2.24, 2.45) is 0 Å². The molecule has 0 spiro atoms. The summed E-state index contributed by atoms with van der Waals surface area (Å²) in [5.41, 5.74) is 0.720. The molecule has 0 atom stereocenters. The van der Waals surface area contributed by atoms with Crippen molar-refractivity contribution in [2.45, 2.75) is 0 Å². The Balaban J connectivity index is 3.15. The summed E-state index contributed by atoms with van der Waals surface area (Å²) in [6, 6.07) is 5.04. The summed E-state index contributed by atoms with van der Waals surface area (Å²) in [5, 5.41) is 3.37. The standard InChI is InChI=1S/C8H3Cl3/c9-2-1-6-3-7(10)5-8(11)4-6/h3-5H. The fourth-order valence-corrected chi connectivity index (χ4v) is 1.32. The van der Waals surface area contributed by atoms with E-state index in [1.807, 2.05) is 0 Å². The van der Waals surface area contributed by atoms with Gasteiger partial charge in [-0.15, -0.1) is 0 Å². The van der Waals surface area contributed by atoms with E-state index in [0.29, 0.717) is 10.0 Å². The van der Waals surface area contributed by atoms with Crippen LogP contribution in [0.1, 0.15) is 5.56 Å². The summed E-state index contributed by atoms with van der Waals surface area (Å²) < 4.78 is 0. The fraction of sp³-hybridized carbons (Fsp3) is 0. The Bertz CT molecular complexity index is 300. The van der Waals surface area contributed by atoms with E-state index in [0.717, 1.165) is 5.56 Å². The summed E-state index contributed by atoms with van der Waals surface area (Å²) in [6.07, 6.45) is 0. The molecular weight excluding hydrogens is 202 g/mol. The Labute approximate surface area is 80.1 Å². The second kappa shape index (κ2) is 3.88. The lowest BCUT2D eigenvalue weighted by molar-refractivity contribution is 1.65. The molecule has 0 amide bonds. The normalized spacial score (nSPS) is 8.64. The minimum Gasteiger partial charge on any atom is -0.0842 e. The van der Waals surface area contributed by atoms with Gasteiger partial charge in [-0.1, -0.05) is 23.2 Å². The van der Waals surface area contributed by atoms with Crippen molar-refractivity contribution in [2.75, 3.05) is 0 Å².